The van der Waals surface area contributed by atoms with Crippen LogP contribution in [0.15, 0.2) is 35.7 Å². The van der Waals surface area contributed by atoms with Crippen molar-refractivity contribution in [3.8, 4) is 5.75 Å². The monoisotopic (exact) mass is 297 g/mol. The number of benzene rings is 1. The second kappa shape index (κ2) is 4.85. The van der Waals surface area contributed by atoms with Crippen LogP contribution < -0.4 is 4.72 Å². The molecule has 0 aliphatic heterocycles. The van der Waals surface area contributed by atoms with E-state index in [1.54, 1.807) is 7.05 Å². The standard InChI is InChI=1S/C11H11N3O5S/c1-14-5-10(12-6-14)20(18,19)13-7-2-3-8(11(16)17)9(15)4-7/h2-6,13,15H,1H3,(H,16,17). The Morgan fingerprint density at radius 3 is 2.60 bits per heavy atom. The van der Waals surface area contributed by atoms with E-state index >= 15 is 0 Å². The van der Waals surface area contributed by atoms with Crippen LogP contribution in [0.4, 0.5) is 5.69 Å². The van der Waals surface area contributed by atoms with E-state index in [2.05, 4.69) is 9.71 Å². The van der Waals surface area contributed by atoms with E-state index in [1.165, 1.54) is 23.2 Å². The van der Waals surface area contributed by atoms with Crippen LogP contribution in [0.5, 0.6) is 5.75 Å². The lowest BCUT2D eigenvalue weighted by atomic mass is 10.2. The molecule has 0 radical (unpaired) electrons. The number of aromatic hydroxyl groups is 1. The minimum atomic E-state index is -3.88. The summed E-state index contributed by atoms with van der Waals surface area (Å²) >= 11 is 0. The van der Waals surface area contributed by atoms with Gasteiger partial charge in [-0.15, -0.1) is 0 Å². The molecule has 0 amide bonds. The van der Waals surface area contributed by atoms with Crippen LogP contribution in [0.25, 0.3) is 0 Å². The van der Waals surface area contributed by atoms with Gasteiger partial charge < -0.3 is 14.8 Å². The fourth-order valence-corrected chi connectivity index (χ4v) is 2.54. The number of hydrogen-bond donors (Lipinski definition) is 3. The molecule has 8 nitrogen and oxygen atoms in total. The molecule has 2 aromatic rings. The van der Waals surface area contributed by atoms with Crippen LogP contribution >= 0.6 is 0 Å². The smallest absolute Gasteiger partial charge is 0.339 e. The third kappa shape index (κ3) is 2.72. The first-order chi connectivity index (χ1) is 9.29. The first kappa shape index (κ1) is 13.9. The minimum Gasteiger partial charge on any atom is -0.507 e. The maximum Gasteiger partial charge on any atom is 0.339 e. The Balaban J connectivity index is 2.30. The van der Waals surface area contributed by atoms with Crippen molar-refractivity contribution in [2.24, 2.45) is 7.05 Å². The van der Waals surface area contributed by atoms with Gasteiger partial charge in [-0.25, -0.2) is 9.78 Å². The number of aromatic carboxylic acids is 1. The molecule has 0 saturated carbocycles. The van der Waals surface area contributed by atoms with Gasteiger partial charge in [0, 0.05) is 19.3 Å². The summed E-state index contributed by atoms with van der Waals surface area (Å²) in [7, 11) is -2.26. The van der Waals surface area contributed by atoms with Gasteiger partial charge in [0.2, 0.25) is 0 Å². The molecule has 1 heterocycles. The number of anilines is 1. The van der Waals surface area contributed by atoms with Gasteiger partial charge in [-0.05, 0) is 12.1 Å². The highest BCUT2D eigenvalue weighted by Crippen LogP contribution is 2.23. The lowest BCUT2D eigenvalue weighted by Crippen LogP contribution is -2.13. The molecule has 0 unspecified atom stereocenters. The van der Waals surface area contributed by atoms with Gasteiger partial charge >= 0.3 is 5.97 Å². The summed E-state index contributed by atoms with van der Waals surface area (Å²) in [5.74, 6) is -1.83. The van der Waals surface area contributed by atoms with E-state index in [0.29, 0.717) is 0 Å². The predicted octanol–water partition coefficient (Wildman–Crippen LogP) is 0.625. The quantitative estimate of drug-likeness (QED) is 0.760. The maximum atomic E-state index is 12.0. The Kier molecular flexibility index (Phi) is 3.36. The van der Waals surface area contributed by atoms with Crippen molar-refractivity contribution in [3.63, 3.8) is 0 Å². The highest BCUT2D eigenvalue weighted by Gasteiger charge is 2.18. The van der Waals surface area contributed by atoms with E-state index in [0.717, 1.165) is 12.1 Å². The molecule has 0 aliphatic carbocycles. The number of rotatable bonds is 4. The average molecular weight is 297 g/mol. The molecule has 0 spiro atoms. The molecule has 1 aromatic heterocycles. The summed E-state index contributed by atoms with van der Waals surface area (Å²) in [6.07, 6.45) is 2.65. The highest BCUT2D eigenvalue weighted by molar-refractivity contribution is 7.92. The molecule has 2 rings (SSSR count). The van der Waals surface area contributed by atoms with Gasteiger partial charge in [0.05, 0.1) is 12.0 Å². The Labute approximate surface area is 114 Å². The topological polar surface area (TPSA) is 122 Å². The SMILES string of the molecule is Cn1cnc(S(=O)(=O)Nc2ccc(C(=O)O)c(O)c2)c1. The summed E-state index contributed by atoms with van der Waals surface area (Å²) in [4.78, 5) is 14.4. The lowest BCUT2D eigenvalue weighted by molar-refractivity contribution is 0.0694. The molecular formula is C11H11N3O5S. The Bertz CT molecular complexity index is 766. The summed E-state index contributed by atoms with van der Waals surface area (Å²) in [6, 6.07) is 3.36. The van der Waals surface area contributed by atoms with Crippen LogP contribution in [0.2, 0.25) is 0 Å². The fourth-order valence-electron chi connectivity index (χ4n) is 1.51. The van der Waals surface area contributed by atoms with Crippen molar-refractivity contribution in [1.82, 2.24) is 9.55 Å². The van der Waals surface area contributed by atoms with E-state index in [9.17, 15) is 18.3 Å². The molecule has 0 saturated heterocycles. The largest absolute Gasteiger partial charge is 0.507 e. The fraction of sp³-hybridized carbons (Fsp3) is 0.0909. The van der Waals surface area contributed by atoms with Crippen LogP contribution in [0, 0.1) is 0 Å². The van der Waals surface area contributed by atoms with Gasteiger partial charge in [0.25, 0.3) is 10.0 Å². The first-order valence-corrected chi connectivity index (χ1v) is 6.85. The minimum absolute atomic E-state index is 0.0400. The predicted molar refractivity (Wildman–Crippen MR) is 69.1 cm³/mol. The second-order valence-electron chi connectivity index (χ2n) is 4.02. The van der Waals surface area contributed by atoms with E-state index in [1.807, 2.05) is 0 Å². The van der Waals surface area contributed by atoms with Crippen molar-refractivity contribution in [1.29, 1.82) is 0 Å². The van der Waals surface area contributed by atoms with Gasteiger partial charge in [-0.2, -0.15) is 8.42 Å². The van der Waals surface area contributed by atoms with Gasteiger partial charge in [-0.1, -0.05) is 0 Å². The molecule has 0 atom stereocenters. The van der Waals surface area contributed by atoms with Gasteiger partial charge in [0.1, 0.15) is 11.3 Å². The lowest BCUT2D eigenvalue weighted by Gasteiger charge is -2.07. The molecular weight excluding hydrogens is 286 g/mol. The third-order valence-corrected chi connectivity index (χ3v) is 3.70. The number of carboxylic acids is 1. The molecule has 106 valence electrons. The van der Waals surface area contributed by atoms with Crippen molar-refractivity contribution >= 4 is 21.7 Å². The summed E-state index contributed by atoms with van der Waals surface area (Å²) < 4.78 is 27.6. The van der Waals surface area contributed by atoms with Crippen molar-refractivity contribution in [2.45, 2.75) is 5.03 Å². The van der Waals surface area contributed by atoms with E-state index < -0.39 is 21.7 Å². The number of nitrogens with one attached hydrogen (secondary N) is 1. The van der Waals surface area contributed by atoms with Crippen LogP contribution in [0.1, 0.15) is 10.4 Å². The number of phenols is 1. The number of hydrogen-bond acceptors (Lipinski definition) is 5. The maximum absolute atomic E-state index is 12.0. The summed E-state index contributed by atoms with van der Waals surface area (Å²) in [5.41, 5.74) is -0.274. The van der Waals surface area contributed by atoms with Crippen molar-refractivity contribution in [2.75, 3.05) is 4.72 Å². The van der Waals surface area contributed by atoms with Gasteiger partial charge in [-0.3, -0.25) is 4.72 Å². The van der Waals surface area contributed by atoms with Crippen molar-refractivity contribution < 1.29 is 23.4 Å². The molecule has 20 heavy (non-hydrogen) atoms. The summed E-state index contributed by atoms with van der Waals surface area (Å²) in [5, 5.41) is 18.1. The molecule has 9 heteroatoms. The third-order valence-electron chi connectivity index (χ3n) is 2.44. The molecule has 0 aliphatic rings. The molecule has 1 aromatic carbocycles. The number of carboxylic acid groups (broad SMARTS) is 1. The number of nitrogens with zero attached hydrogens (tertiary/aromatic N) is 2. The van der Waals surface area contributed by atoms with Crippen LogP contribution in [-0.2, 0) is 17.1 Å². The van der Waals surface area contributed by atoms with Crippen LogP contribution in [-0.4, -0.2) is 34.2 Å². The molecule has 0 bridgehead atoms. The van der Waals surface area contributed by atoms with Crippen LogP contribution in [0.3, 0.4) is 0 Å². The normalized spacial score (nSPS) is 11.2. The van der Waals surface area contributed by atoms with Crippen molar-refractivity contribution in [3.05, 3.63) is 36.3 Å². The number of imidazole rings is 1. The highest BCUT2D eigenvalue weighted by atomic mass is 32.2. The van der Waals surface area contributed by atoms with E-state index in [4.69, 9.17) is 5.11 Å². The number of aromatic nitrogens is 2. The Morgan fingerprint density at radius 2 is 2.10 bits per heavy atom. The first-order valence-electron chi connectivity index (χ1n) is 5.37. The van der Waals surface area contributed by atoms with Gasteiger partial charge in [0.15, 0.2) is 5.03 Å². The molecule has 0 fully saturated rings. The summed E-state index contributed by atoms with van der Waals surface area (Å²) in [6.45, 7) is 0. The zero-order valence-electron chi connectivity index (χ0n) is 10.3. The van der Waals surface area contributed by atoms with E-state index in [-0.39, 0.29) is 16.3 Å². The Hall–Kier alpha value is -2.55. The zero-order valence-corrected chi connectivity index (χ0v) is 11.1. The number of carbonyl (C=O) groups is 1. The Morgan fingerprint density at radius 1 is 1.40 bits per heavy atom. The number of sulfonamides is 1. The second-order valence-corrected chi connectivity index (χ2v) is 5.65. The zero-order chi connectivity index (χ0) is 14.9. The average Bonchev–Trinajstić information content (AvgIpc) is 2.75. The molecule has 3 N–H and O–H groups in total. The number of aryl methyl sites for hydroxylation is 1.